The van der Waals surface area contributed by atoms with E-state index in [4.69, 9.17) is 16.3 Å². The molecule has 0 aliphatic carbocycles. The van der Waals surface area contributed by atoms with Gasteiger partial charge in [-0.3, -0.25) is 5.10 Å². The summed E-state index contributed by atoms with van der Waals surface area (Å²) in [4.78, 5) is 3.96. The van der Waals surface area contributed by atoms with E-state index >= 15 is 0 Å². The largest absolute Gasteiger partial charge is 0.497 e. The molecule has 0 saturated heterocycles. The van der Waals surface area contributed by atoms with Crippen molar-refractivity contribution in [3.05, 3.63) is 53.8 Å². The number of H-pyrrole nitrogens is 1. The summed E-state index contributed by atoms with van der Waals surface area (Å²) < 4.78 is 5.22. The zero-order valence-electron chi connectivity index (χ0n) is 10.8. The quantitative estimate of drug-likeness (QED) is 0.745. The van der Waals surface area contributed by atoms with Crippen LogP contribution in [0, 0.1) is 0 Å². The average molecular weight is 286 g/mol. The van der Waals surface area contributed by atoms with Gasteiger partial charge in [-0.05, 0) is 30.3 Å². The van der Waals surface area contributed by atoms with Gasteiger partial charge in [-0.2, -0.15) is 5.10 Å². The van der Waals surface area contributed by atoms with Gasteiger partial charge in [0, 0.05) is 17.3 Å². The Kier molecular flexibility index (Phi) is 3.39. The SMILES string of the molecule is COc1cccc(-c2cc(-c3ccnc(Cl)c3)n[nH]2)c1. The highest BCUT2D eigenvalue weighted by molar-refractivity contribution is 6.29. The topological polar surface area (TPSA) is 50.8 Å². The van der Waals surface area contributed by atoms with E-state index in [-0.39, 0.29) is 0 Å². The molecule has 0 aliphatic rings. The predicted molar refractivity (Wildman–Crippen MR) is 78.8 cm³/mol. The van der Waals surface area contributed by atoms with Crippen molar-refractivity contribution in [3.8, 4) is 28.3 Å². The Labute approximate surface area is 121 Å². The van der Waals surface area contributed by atoms with Crippen molar-refractivity contribution >= 4 is 11.6 Å². The number of rotatable bonds is 3. The van der Waals surface area contributed by atoms with E-state index in [1.165, 1.54) is 0 Å². The Balaban J connectivity index is 1.97. The zero-order chi connectivity index (χ0) is 13.9. The second-order valence-corrected chi connectivity index (χ2v) is 4.65. The first-order valence-electron chi connectivity index (χ1n) is 6.08. The number of methoxy groups -OCH3 is 1. The maximum absolute atomic E-state index is 5.89. The second-order valence-electron chi connectivity index (χ2n) is 4.27. The normalized spacial score (nSPS) is 10.5. The van der Waals surface area contributed by atoms with Crippen molar-refractivity contribution < 1.29 is 4.74 Å². The van der Waals surface area contributed by atoms with Crippen molar-refractivity contribution in [1.82, 2.24) is 15.2 Å². The summed E-state index contributed by atoms with van der Waals surface area (Å²) in [5, 5.41) is 7.78. The summed E-state index contributed by atoms with van der Waals surface area (Å²) in [7, 11) is 1.65. The van der Waals surface area contributed by atoms with E-state index in [0.717, 1.165) is 28.3 Å². The number of hydrogen-bond acceptors (Lipinski definition) is 3. The number of hydrogen-bond donors (Lipinski definition) is 1. The Bertz CT molecular complexity index is 739. The van der Waals surface area contributed by atoms with Gasteiger partial charge in [-0.1, -0.05) is 23.7 Å². The number of aromatic nitrogens is 3. The molecule has 4 nitrogen and oxygen atoms in total. The standard InChI is InChI=1S/C15H12ClN3O/c1-20-12-4-2-3-10(7-12)13-9-14(19-18-13)11-5-6-17-15(16)8-11/h2-9H,1H3,(H,18,19). The lowest BCUT2D eigenvalue weighted by Gasteiger charge is -2.01. The van der Waals surface area contributed by atoms with Gasteiger partial charge in [0.1, 0.15) is 10.9 Å². The lowest BCUT2D eigenvalue weighted by Crippen LogP contribution is -1.83. The minimum atomic E-state index is 0.452. The van der Waals surface area contributed by atoms with Gasteiger partial charge in [0.2, 0.25) is 0 Å². The van der Waals surface area contributed by atoms with Crippen LogP contribution in [-0.2, 0) is 0 Å². The maximum Gasteiger partial charge on any atom is 0.129 e. The van der Waals surface area contributed by atoms with Crippen LogP contribution in [0.5, 0.6) is 5.75 Å². The van der Waals surface area contributed by atoms with Crippen molar-refractivity contribution in [2.24, 2.45) is 0 Å². The lowest BCUT2D eigenvalue weighted by molar-refractivity contribution is 0.415. The Morgan fingerprint density at radius 2 is 2.00 bits per heavy atom. The third-order valence-corrected chi connectivity index (χ3v) is 3.19. The minimum Gasteiger partial charge on any atom is -0.497 e. The van der Waals surface area contributed by atoms with E-state index < -0.39 is 0 Å². The number of aromatic amines is 1. The van der Waals surface area contributed by atoms with Gasteiger partial charge < -0.3 is 4.74 Å². The van der Waals surface area contributed by atoms with Crippen LogP contribution < -0.4 is 4.74 Å². The third-order valence-electron chi connectivity index (χ3n) is 2.98. The number of nitrogens with zero attached hydrogens (tertiary/aromatic N) is 2. The molecule has 0 radical (unpaired) electrons. The Morgan fingerprint density at radius 3 is 2.80 bits per heavy atom. The predicted octanol–water partition coefficient (Wildman–Crippen LogP) is 3.80. The van der Waals surface area contributed by atoms with Gasteiger partial charge in [0.05, 0.1) is 18.5 Å². The zero-order valence-corrected chi connectivity index (χ0v) is 11.6. The fourth-order valence-electron chi connectivity index (χ4n) is 1.97. The summed E-state index contributed by atoms with van der Waals surface area (Å²) in [5.41, 5.74) is 3.69. The molecule has 2 aromatic heterocycles. The molecule has 0 atom stereocenters. The Morgan fingerprint density at radius 1 is 1.10 bits per heavy atom. The molecule has 1 N–H and O–H groups in total. The molecule has 0 bridgehead atoms. The molecule has 2 heterocycles. The van der Waals surface area contributed by atoms with Crippen LogP contribution in [0.2, 0.25) is 5.15 Å². The highest BCUT2D eigenvalue weighted by Gasteiger charge is 2.07. The number of nitrogens with one attached hydrogen (secondary N) is 1. The van der Waals surface area contributed by atoms with Gasteiger partial charge in [-0.25, -0.2) is 4.98 Å². The number of pyridine rings is 1. The van der Waals surface area contributed by atoms with Crippen molar-refractivity contribution in [2.45, 2.75) is 0 Å². The summed E-state index contributed by atoms with van der Waals surface area (Å²) in [6.07, 6.45) is 1.66. The van der Waals surface area contributed by atoms with E-state index in [1.54, 1.807) is 19.4 Å². The first-order valence-corrected chi connectivity index (χ1v) is 6.46. The summed E-state index contributed by atoms with van der Waals surface area (Å²) in [6, 6.07) is 13.4. The average Bonchev–Trinajstić information content (AvgIpc) is 2.97. The number of halogens is 1. The summed E-state index contributed by atoms with van der Waals surface area (Å²) >= 11 is 5.89. The summed E-state index contributed by atoms with van der Waals surface area (Å²) in [6.45, 7) is 0. The molecule has 0 aliphatic heterocycles. The van der Waals surface area contributed by atoms with E-state index in [9.17, 15) is 0 Å². The van der Waals surface area contributed by atoms with Crippen LogP contribution in [0.15, 0.2) is 48.7 Å². The molecule has 100 valence electrons. The van der Waals surface area contributed by atoms with Crippen LogP contribution in [0.4, 0.5) is 0 Å². The van der Waals surface area contributed by atoms with Gasteiger partial charge >= 0.3 is 0 Å². The molecule has 0 amide bonds. The molecule has 0 saturated carbocycles. The molecule has 1 aromatic carbocycles. The highest BCUT2D eigenvalue weighted by Crippen LogP contribution is 2.26. The lowest BCUT2D eigenvalue weighted by atomic mass is 10.1. The highest BCUT2D eigenvalue weighted by atomic mass is 35.5. The second kappa shape index (κ2) is 5.35. The van der Waals surface area contributed by atoms with Crippen LogP contribution in [-0.4, -0.2) is 22.3 Å². The molecule has 0 unspecified atom stereocenters. The smallest absolute Gasteiger partial charge is 0.129 e. The molecule has 0 fully saturated rings. The Hall–Kier alpha value is -2.33. The summed E-state index contributed by atoms with van der Waals surface area (Å²) in [5.74, 6) is 0.811. The fraction of sp³-hybridized carbons (Fsp3) is 0.0667. The van der Waals surface area contributed by atoms with Crippen LogP contribution in [0.25, 0.3) is 22.5 Å². The van der Waals surface area contributed by atoms with Crippen LogP contribution >= 0.6 is 11.6 Å². The van der Waals surface area contributed by atoms with Crippen molar-refractivity contribution in [3.63, 3.8) is 0 Å². The third kappa shape index (κ3) is 2.51. The van der Waals surface area contributed by atoms with E-state index in [1.807, 2.05) is 36.4 Å². The molecule has 3 rings (SSSR count). The monoisotopic (exact) mass is 285 g/mol. The molecular formula is C15H12ClN3O. The van der Waals surface area contributed by atoms with Crippen molar-refractivity contribution in [2.75, 3.05) is 7.11 Å². The number of benzene rings is 1. The van der Waals surface area contributed by atoms with E-state index in [0.29, 0.717) is 5.15 Å². The molecule has 0 spiro atoms. The number of ether oxygens (including phenoxy) is 1. The minimum absolute atomic E-state index is 0.452. The van der Waals surface area contributed by atoms with Gasteiger partial charge in [0.25, 0.3) is 0 Å². The van der Waals surface area contributed by atoms with Crippen LogP contribution in [0.3, 0.4) is 0 Å². The first kappa shape index (κ1) is 12.7. The fourth-order valence-corrected chi connectivity index (χ4v) is 2.14. The van der Waals surface area contributed by atoms with Crippen LogP contribution in [0.1, 0.15) is 0 Å². The van der Waals surface area contributed by atoms with E-state index in [2.05, 4.69) is 15.2 Å². The molecular weight excluding hydrogens is 274 g/mol. The molecule has 5 heteroatoms. The molecule has 20 heavy (non-hydrogen) atoms. The first-order chi connectivity index (χ1) is 9.76. The molecule has 3 aromatic rings. The van der Waals surface area contributed by atoms with Gasteiger partial charge in [0.15, 0.2) is 0 Å². The van der Waals surface area contributed by atoms with Gasteiger partial charge in [-0.15, -0.1) is 0 Å². The maximum atomic E-state index is 5.89. The van der Waals surface area contributed by atoms with Crippen molar-refractivity contribution in [1.29, 1.82) is 0 Å².